The van der Waals surface area contributed by atoms with Gasteiger partial charge in [0.05, 0.1) is 12.0 Å². The van der Waals surface area contributed by atoms with E-state index in [1.807, 2.05) is 12.4 Å². The van der Waals surface area contributed by atoms with E-state index in [1.165, 1.54) is 29.7 Å². The Kier molecular flexibility index (Phi) is 2.90. The van der Waals surface area contributed by atoms with Gasteiger partial charge in [-0.2, -0.15) is 0 Å². The molecule has 1 N–H and O–H groups in total. The highest BCUT2D eigenvalue weighted by Crippen LogP contribution is 2.35. The first-order valence-electron chi connectivity index (χ1n) is 6.67. The van der Waals surface area contributed by atoms with Crippen LogP contribution >= 0.6 is 0 Å². The number of imidazole rings is 1. The van der Waals surface area contributed by atoms with E-state index in [0.29, 0.717) is 11.8 Å². The first-order valence-corrected chi connectivity index (χ1v) is 6.67. The summed E-state index contributed by atoms with van der Waals surface area (Å²) in [6, 6.07) is 2.16. The van der Waals surface area contributed by atoms with E-state index < -0.39 is 0 Å². The molecule has 1 unspecified atom stereocenters. The topological polar surface area (TPSA) is 41.6 Å². The standard InChI is InChI=1S/C15H19N3/c1-10(15-11(2)17-9-18-15)13-4-3-12-5-6-16-8-14(12)7-13/h5-6,8-10,13H,3-4,7H2,1-2H3,(H,17,18)/t10-,13?/m1/s1. The first-order chi connectivity index (χ1) is 8.75. The van der Waals surface area contributed by atoms with E-state index in [1.54, 1.807) is 6.33 Å². The summed E-state index contributed by atoms with van der Waals surface area (Å²) >= 11 is 0. The third kappa shape index (κ3) is 1.94. The molecule has 18 heavy (non-hydrogen) atoms. The summed E-state index contributed by atoms with van der Waals surface area (Å²) in [5, 5.41) is 0. The third-order valence-electron chi connectivity index (χ3n) is 4.30. The summed E-state index contributed by atoms with van der Waals surface area (Å²) in [4.78, 5) is 11.9. The van der Waals surface area contributed by atoms with Gasteiger partial charge in [-0.05, 0) is 49.3 Å². The van der Waals surface area contributed by atoms with Gasteiger partial charge >= 0.3 is 0 Å². The summed E-state index contributed by atoms with van der Waals surface area (Å²) in [5.41, 5.74) is 5.35. The van der Waals surface area contributed by atoms with Crippen molar-refractivity contribution < 1.29 is 0 Å². The molecule has 0 amide bonds. The second kappa shape index (κ2) is 4.56. The van der Waals surface area contributed by atoms with Crippen molar-refractivity contribution in [2.45, 2.75) is 39.0 Å². The number of hydrogen-bond donors (Lipinski definition) is 1. The third-order valence-corrected chi connectivity index (χ3v) is 4.30. The molecule has 0 aliphatic heterocycles. The summed E-state index contributed by atoms with van der Waals surface area (Å²) in [5.74, 6) is 1.24. The fourth-order valence-electron chi connectivity index (χ4n) is 3.11. The molecular weight excluding hydrogens is 222 g/mol. The van der Waals surface area contributed by atoms with Crippen LogP contribution in [0.1, 0.15) is 41.8 Å². The second-order valence-electron chi connectivity index (χ2n) is 5.34. The van der Waals surface area contributed by atoms with Crippen LogP contribution in [0.25, 0.3) is 0 Å². The minimum absolute atomic E-state index is 0.542. The van der Waals surface area contributed by atoms with Gasteiger partial charge in [0.1, 0.15) is 0 Å². The lowest BCUT2D eigenvalue weighted by molar-refractivity contribution is 0.388. The molecule has 2 aromatic rings. The van der Waals surface area contributed by atoms with Gasteiger partial charge in [0, 0.05) is 24.0 Å². The molecule has 0 saturated heterocycles. The quantitative estimate of drug-likeness (QED) is 0.878. The molecule has 0 fully saturated rings. The number of hydrogen-bond acceptors (Lipinski definition) is 2. The number of rotatable bonds is 2. The number of H-pyrrole nitrogens is 1. The molecule has 0 radical (unpaired) electrons. The van der Waals surface area contributed by atoms with E-state index in [0.717, 1.165) is 12.1 Å². The number of pyridine rings is 1. The Morgan fingerprint density at radius 2 is 2.28 bits per heavy atom. The fraction of sp³-hybridized carbons (Fsp3) is 0.467. The SMILES string of the molecule is Cc1nc[nH]c1[C@H](C)C1CCc2ccncc2C1. The monoisotopic (exact) mass is 241 g/mol. The number of nitrogens with one attached hydrogen (secondary N) is 1. The van der Waals surface area contributed by atoms with Crippen LogP contribution in [0.3, 0.4) is 0 Å². The van der Waals surface area contributed by atoms with Gasteiger partial charge < -0.3 is 4.98 Å². The minimum Gasteiger partial charge on any atom is -0.348 e. The minimum atomic E-state index is 0.542. The molecule has 3 nitrogen and oxygen atoms in total. The van der Waals surface area contributed by atoms with E-state index in [2.05, 4.69) is 34.9 Å². The summed E-state index contributed by atoms with van der Waals surface area (Å²) in [6.07, 6.45) is 9.33. The Hall–Kier alpha value is -1.64. The summed E-state index contributed by atoms with van der Waals surface area (Å²) in [7, 11) is 0. The molecule has 1 aliphatic carbocycles. The normalized spacial score (nSPS) is 20.4. The van der Waals surface area contributed by atoms with Crippen molar-refractivity contribution in [2.24, 2.45) is 5.92 Å². The molecule has 0 spiro atoms. The first kappa shape index (κ1) is 11.5. The van der Waals surface area contributed by atoms with Gasteiger partial charge in [-0.25, -0.2) is 4.98 Å². The molecule has 94 valence electrons. The molecule has 0 saturated carbocycles. The number of fused-ring (bicyclic) bond motifs is 1. The predicted molar refractivity (Wildman–Crippen MR) is 71.5 cm³/mol. The molecular formula is C15H19N3. The van der Waals surface area contributed by atoms with Gasteiger partial charge in [0.2, 0.25) is 0 Å². The van der Waals surface area contributed by atoms with Crippen LogP contribution in [0.15, 0.2) is 24.8 Å². The fourth-order valence-corrected chi connectivity index (χ4v) is 3.11. The van der Waals surface area contributed by atoms with Gasteiger partial charge in [0.15, 0.2) is 0 Å². The highest BCUT2D eigenvalue weighted by atomic mass is 14.9. The maximum absolute atomic E-state index is 4.31. The maximum atomic E-state index is 4.31. The van der Waals surface area contributed by atoms with Crippen molar-refractivity contribution in [1.29, 1.82) is 0 Å². The second-order valence-corrected chi connectivity index (χ2v) is 5.34. The van der Waals surface area contributed by atoms with Gasteiger partial charge in [-0.15, -0.1) is 0 Å². The van der Waals surface area contributed by atoms with Crippen molar-refractivity contribution in [3.8, 4) is 0 Å². The number of aromatic amines is 1. The molecule has 3 rings (SSSR count). The van der Waals surface area contributed by atoms with Crippen molar-refractivity contribution in [2.75, 3.05) is 0 Å². The predicted octanol–water partition coefficient (Wildman–Crippen LogP) is 3.02. The lowest BCUT2D eigenvalue weighted by Gasteiger charge is -2.29. The molecule has 2 aromatic heterocycles. The van der Waals surface area contributed by atoms with Crippen LogP contribution in [0.2, 0.25) is 0 Å². The van der Waals surface area contributed by atoms with Crippen molar-refractivity contribution in [3.63, 3.8) is 0 Å². The molecule has 3 heteroatoms. The van der Waals surface area contributed by atoms with Gasteiger partial charge in [-0.3, -0.25) is 4.98 Å². The zero-order valence-electron chi connectivity index (χ0n) is 11.0. The number of nitrogens with zero attached hydrogens (tertiary/aromatic N) is 2. The lowest BCUT2D eigenvalue weighted by Crippen LogP contribution is -2.20. The molecule has 2 heterocycles. The van der Waals surface area contributed by atoms with Crippen LogP contribution in [0.5, 0.6) is 0 Å². The van der Waals surface area contributed by atoms with Crippen molar-refractivity contribution in [3.05, 3.63) is 47.3 Å². The molecule has 0 bridgehead atoms. The molecule has 1 aliphatic rings. The van der Waals surface area contributed by atoms with Crippen LogP contribution in [0, 0.1) is 12.8 Å². The van der Waals surface area contributed by atoms with Crippen molar-refractivity contribution >= 4 is 0 Å². The maximum Gasteiger partial charge on any atom is 0.0925 e. The van der Waals surface area contributed by atoms with E-state index >= 15 is 0 Å². The average molecular weight is 241 g/mol. The number of aryl methyl sites for hydroxylation is 2. The van der Waals surface area contributed by atoms with E-state index in [4.69, 9.17) is 0 Å². The van der Waals surface area contributed by atoms with Gasteiger partial charge in [0.25, 0.3) is 0 Å². The number of aromatic nitrogens is 3. The summed E-state index contributed by atoms with van der Waals surface area (Å²) in [6.45, 7) is 4.40. The van der Waals surface area contributed by atoms with Crippen LogP contribution in [-0.2, 0) is 12.8 Å². The van der Waals surface area contributed by atoms with Crippen molar-refractivity contribution in [1.82, 2.24) is 15.0 Å². The van der Waals surface area contributed by atoms with E-state index in [9.17, 15) is 0 Å². The lowest BCUT2D eigenvalue weighted by atomic mass is 9.77. The zero-order valence-corrected chi connectivity index (χ0v) is 11.0. The highest BCUT2D eigenvalue weighted by molar-refractivity contribution is 5.28. The largest absolute Gasteiger partial charge is 0.348 e. The average Bonchev–Trinajstić information content (AvgIpc) is 2.83. The van der Waals surface area contributed by atoms with E-state index in [-0.39, 0.29) is 0 Å². The Bertz CT molecular complexity index is 544. The Labute approximate surface area is 108 Å². The Morgan fingerprint density at radius 1 is 1.39 bits per heavy atom. The smallest absolute Gasteiger partial charge is 0.0925 e. The molecule has 2 atom stereocenters. The van der Waals surface area contributed by atoms with Crippen LogP contribution in [-0.4, -0.2) is 15.0 Å². The Morgan fingerprint density at radius 3 is 3.06 bits per heavy atom. The van der Waals surface area contributed by atoms with Crippen LogP contribution < -0.4 is 0 Å². The van der Waals surface area contributed by atoms with Crippen LogP contribution in [0.4, 0.5) is 0 Å². The summed E-state index contributed by atoms with van der Waals surface area (Å²) < 4.78 is 0. The Balaban J connectivity index is 1.82. The zero-order chi connectivity index (χ0) is 12.5. The van der Waals surface area contributed by atoms with Gasteiger partial charge in [-0.1, -0.05) is 6.92 Å². The highest BCUT2D eigenvalue weighted by Gasteiger charge is 2.26. The molecule has 0 aromatic carbocycles.